The predicted molar refractivity (Wildman–Crippen MR) is 104 cm³/mol. The topological polar surface area (TPSA) is 23.6 Å². The van der Waals surface area contributed by atoms with Crippen LogP contribution in [0.5, 0.6) is 0 Å². The number of alkyl halides is 1. The number of halogens is 1. The van der Waals surface area contributed by atoms with Gasteiger partial charge in [-0.25, -0.2) is 0 Å². The number of amides is 1. The Morgan fingerprint density at radius 3 is 2.27 bits per heavy atom. The maximum absolute atomic E-state index is 13.5. The lowest BCUT2D eigenvalue weighted by Gasteiger charge is -2.60. The van der Waals surface area contributed by atoms with Crippen LogP contribution in [0.3, 0.4) is 0 Å². The lowest BCUT2D eigenvalue weighted by Crippen LogP contribution is -2.61. The lowest BCUT2D eigenvalue weighted by molar-refractivity contribution is -0.157. The van der Waals surface area contributed by atoms with Gasteiger partial charge in [-0.1, -0.05) is 30.3 Å². The second-order valence-electron chi connectivity index (χ2n) is 9.45. The molecule has 0 spiro atoms. The fraction of sp³-hybridized carbons (Fsp3) is 0.682. The van der Waals surface area contributed by atoms with E-state index in [0.717, 1.165) is 64.8 Å². The number of carbonyl (C=O) groups excluding carboxylic acids is 1. The van der Waals surface area contributed by atoms with Crippen molar-refractivity contribution in [3.05, 3.63) is 35.9 Å². The van der Waals surface area contributed by atoms with Gasteiger partial charge in [-0.05, 0) is 55.9 Å². The van der Waals surface area contributed by atoms with E-state index in [1.807, 2.05) is 0 Å². The molecule has 26 heavy (non-hydrogen) atoms. The van der Waals surface area contributed by atoms with Crippen molar-refractivity contribution in [1.82, 2.24) is 9.80 Å². The van der Waals surface area contributed by atoms with E-state index in [4.69, 9.17) is 11.6 Å². The molecule has 3 nitrogen and oxygen atoms in total. The zero-order valence-corrected chi connectivity index (χ0v) is 16.3. The van der Waals surface area contributed by atoms with E-state index in [0.29, 0.717) is 17.7 Å². The first-order chi connectivity index (χ1) is 12.5. The van der Waals surface area contributed by atoms with Crippen molar-refractivity contribution in [2.45, 2.75) is 49.9 Å². The van der Waals surface area contributed by atoms with Crippen LogP contribution in [0.1, 0.15) is 44.1 Å². The monoisotopic (exact) mass is 372 g/mol. The van der Waals surface area contributed by atoms with Crippen LogP contribution in [-0.2, 0) is 11.3 Å². The molecular weight excluding hydrogens is 344 g/mol. The smallest absolute Gasteiger partial charge is 0.228 e. The van der Waals surface area contributed by atoms with Crippen molar-refractivity contribution in [1.29, 1.82) is 0 Å². The van der Waals surface area contributed by atoms with E-state index in [9.17, 15) is 4.79 Å². The lowest BCUT2D eigenvalue weighted by atomic mass is 9.49. The van der Waals surface area contributed by atoms with Gasteiger partial charge in [0.05, 0.1) is 5.41 Å². The first-order valence-electron chi connectivity index (χ1n) is 10.3. The van der Waals surface area contributed by atoms with Crippen LogP contribution in [-0.4, -0.2) is 46.8 Å². The molecule has 5 fully saturated rings. The van der Waals surface area contributed by atoms with Crippen LogP contribution >= 0.6 is 11.6 Å². The molecular formula is C22H29ClN2O. The van der Waals surface area contributed by atoms with Gasteiger partial charge in [0.2, 0.25) is 5.91 Å². The molecule has 4 bridgehead atoms. The Kier molecular flexibility index (Phi) is 4.09. The van der Waals surface area contributed by atoms with Crippen LogP contribution in [0.15, 0.2) is 30.3 Å². The van der Waals surface area contributed by atoms with Crippen molar-refractivity contribution in [3.8, 4) is 0 Å². The average Bonchev–Trinajstić information content (AvgIpc) is 2.60. The van der Waals surface area contributed by atoms with Gasteiger partial charge in [0.25, 0.3) is 0 Å². The largest absolute Gasteiger partial charge is 0.340 e. The molecule has 4 aliphatic carbocycles. The third-order valence-corrected chi connectivity index (χ3v) is 7.79. The number of nitrogens with zero attached hydrogens (tertiary/aromatic N) is 2. The number of piperazine rings is 1. The fourth-order valence-electron chi connectivity index (χ4n) is 6.69. The molecule has 0 N–H and O–H groups in total. The summed E-state index contributed by atoms with van der Waals surface area (Å²) in [5, 5.41) is 0. The van der Waals surface area contributed by atoms with Gasteiger partial charge in [-0.2, -0.15) is 0 Å². The quantitative estimate of drug-likeness (QED) is 0.751. The van der Waals surface area contributed by atoms with E-state index >= 15 is 0 Å². The molecule has 140 valence electrons. The average molecular weight is 373 g/mol. The van der Waals surface area contributed by atoms with Gasteiger partial charge < -0.3 is 4.90 Å². The maximum atomic E-state index is 13.5. The number of benzene rings is 1. The van der Waals surface area contributed by atoms with Crippen molar-refractivity contribution >= 4 is 17.5 Å². The van der Waals surface area contributed by atoms with Gasteiger partial charge in [0.1, 0.15) is 0 Å². The normalized spacial score (nSPS) is 39.3. The van der Waals surface area contributed by atoms with E-state index in [1.165, 1.54) is 12.0 Å². The standard InChI is InChI=1S/C22H29ClN2O/c23-22-13-18-10-19(14-22)12-21(11-18,16-22)20(26)25-8-6-24(7-9-25)15-17-4-2-1-3-5-17/h1-5,18-19H,6-16H2/t18-,19+,21?,22?. The maximum Gasteiger partial charge on any atom is 0.228 e. The Balaban J connectivity index is 1.24. The molecule has 1 aromatic rings. The highest BCUT2D eigenvalue weighted by atomic mass is 35.5. The minimum atomic E-state index is -0.132. The van der Waals surface area contributed by atoms with Gasteiger partial charge >= 0.3 is 0 Å². The summed E-state index contributed by atoms with van der Waals surface area (Å²) in [6, 6.07) is 10.6. The van der Waals surface area contributed by atoms with Crippen LogP contribution in [0.25, 0.3) is 0 Å². The van der Waals surface area contributed by atoms with Crippen molar-refractivity contribution in [2.24, 2.45) is 17.3 Å². The zero-order chi connectivity index (χ0) is 17.8. The van der Waals surface area contributed by atoms with Crippen LogP contribution < -0.4 is 0 Å². The molecule has 0 aromatic heterocycles. The Labute approximate surface area is 161 Å². The highest BCUT2D eigenvalue weighted by Crippen LogP contribution is 2.64. The highest BCUT2D eigenvalue weighted by molar-refractivity contribution is 6.24. The summed E-state index contributed by atoms with van der Waals surface area (Å²) in [5.74, 6) is 1.81. The minimum absolute atomic E-state index is 0.0745. The van der Waals surface area contributed by atoms with Gasteiger partial charge in [-0.15, -0.1) is 11.6 Å². The first-order valence-corrected chi connectivity index (χ1v) is 10.7. The molecule has 1 amide bonds. The first kappa shape index (κ1) is 17.1. The third kappa shape index (κ3) is 2.97. The SMILES string of the molecule is O=C(N1CCN(Cc2ccccc2)CC1)C12C[C@@H]3C[C@@H](CC(Cl)(C3)C1)C2. The summed E-state index contributed by atoms with van der Waals surface area (Å²) >= 11 is 6.94. The molecule has 6 rings (SSSR count). The molecule has 2 unspecified atom stereocenters. The zero-order valence-electron chi connectivity index (χ0n) is 15.5. The molecule has 1 saturated heterocycles. The number of rotatable bonds is 3. The Morgan fingerprint density at radius 1 is 1.00 bits per heavy atom. The molecule has 4 heteroatoms. The van der Waals surface area contributed by atoms with E-state index in [-0.39, 0.29) is 10.3 Å². The van der Waals surface area contributed by atoms with Crippen LogP contribution in [0, 0.1) is 17.3 Å². The summed E-state index contributed by atoms with van der Waals surface area (Å²) in [5.41, 5.74) is 1.23. The van der Waals surface area contributed by atoms with E-state index in [2.05, 4.69) is 40.1 Å². The summed E-state index contributed by atoms with van der Waals surface area (Å²) in [6.45, 7) is 4.70. The molecule has 5 aliphatic rings. The third-order valence-electron chi connectivity index (χ3n) is 7.35. The van der Waals surface area contributed by atoms with Crippen molar-refractivity contribution < 1.29 is 4.79 Å². The van der Waals surface area contributed by atoms with E-state index < -0.39 is 0 Å². The van der Waals surface area contributed by atoms with E-state index in [1.54, 1.807) is 0 Å². The summed E-state index contributed by atoms with van der Waals surface area (Å²) < 4.78 is 0. The molecule has 1 aromatic carbocycles. The molecule has 4 saturated carbocycles. The van der Waals surface area contributed by atoms with Gasteiger partial charge in [0, 0.05) is 37.6 Å². The Morgan fingerprint density at radius 2 is 1.65 bits per heavy atom. The number of hydrogen-bond donors (Lipinski definition) is 0. The molecule has 4 atom stereocenters. The highest BCUT2D eigenvalue weighted by Gasteiger charge is 2.60. The van der Waals surface area contributed by atoms with Crippen LogP contribution in [0.2, 0.25) is 0 Å². The van der Waals surface area contributed by atoms with Crippen LogP contribution in [0.4, 0.5) is 0 Å². The second kappa shape index (κ2) is 6.24. The predicted octanol–water partition coefficient (Wildman–Crippen LogP) is 3.91. The number of carbonyl (C=O) groups is 1. The van der Waals surface area contributed by atoms with Crippen molar-refractivity contribution in [2.75, 3.05) is 26.2 Å². The summed E-state index contributed by atoms with van der Waals surface area (Å²) in [7, 11) is 0. The minimum Gasteiger partial charge on any atom is -0.340 e. The second-order valence-corrected chi connectivity index (χ2v) is 10.2. The van der Waals surface area contributed by atoms with Crippen molar-refractivity contribution in [3.63, 3.8) is 0 Å². The summed E-state index contributed by atoms with van der Waals surface area (Å²) in [4.78, 5) is 18.1. The van der Waals surface area contributed by atoms with Gasteiger partial charge in [-0.3, -0.25) is 9.69 Å². The number of hydrogen-bond acceptors (Lipinski definition) is 2. The Bertz CT molecular complexity index is 669. The van der Waals surface area contributed by atoms with Gasteiger partial charge in [0.15, 0.2) is 0 Å². The Hall–Kier alpha value is -1.06. The fourth-order valence-corrected chi connectivity index (χ4v) is 7.38. The molecule has 0 radical (unpaired) electrons. The summed E-state index contributed by atoms with van der Waals surface area (Å²) in [6.07, 6.45) is 6.73. The molecule has 1 aliphatic heterocycles. The molecule has 1 heterocycles.